The Morgan fingerprint density at radius 3 is 2.85 bits per heavy atom. The molecule has 5 heteroatoms. The van der Waals surface area contributed by atoms with Crippen molar-refractivity contribution in [2.24, 2.45) is 0 Å². The molecule has 1 aromatic heterocycles. The largest absolute Gasteiger partial charge is 0.328 e. The van der Waals surface area contributed by atoms with E-state index in [4.69, 9.17) is 11.6 Å². The van der Waals surface area contributed by atoms with Gasteiger partial charge in [0.2, 0.25) is 0 Å². The maximum atomic E-state index is 11.1. The topological polar surface area (TPSA) is 54.9 Å². The molecule has 1 heterocycles. The molecule has 0 amide bonds. The highest BCUT2D eigenvalue weighted by molar-refractivity contribution is 6.18. The molecule has 0 radical (unpaired) electrons. The molecule has 70 valence electrons. The van der Waals surface area contributed by atoms with Crippen molar-refractivity contribution in [1.82, 2.24) is 9.55 Å². The molecule has 0 aliphatic carbocycles. The normalized spacial score (nSPS) is 10.8. The van der Waals surface area contributed by atoms with Crippen molar-refractivity contribution in [3.05, 3.63) is 45.3 Å². The molecule has 0 saturated carbocycles. The molecule has 0 unspecified atom stereocenters. The second-order valence-electron chi connectivity index (χ2n) is 2.39. The van der Waals surface area contributed by atoms with Crippen molar-refractivity contribution in [2.45, 2.75) is 6.54 Å². The van der Waals surface area contributed by atoms with E-state index < -0.39 is 5.69 Å². The Hall–Kier alpha value is -1.29. The summed E-state index contributed by atoms with van der Waals surface area (Å²) in [6.45, 7) is 0.419. The first-order valence-electron chi connectivity index (χ1n) is 3.75. The summed E-state index contributed by atoms with van der Waals surface area (Å²) >= 11 is 5.40. The van der Waals surface area contributed by atoms with Crippen LogP contribution in [0.5, 0.6) is 0 Å². The van der Waals surface area contributed by atoms with Crippen LogP contribution >= 0.6 is 11.6 Å². The van der Waals surface area contributed by atoms with Crippen molar-refractivity contribution < 1.29 is 0 Å². The minimum Gasteiger partial charge on any atom is -0.297 e. The number of allylic oxidation sites excluding steroid dienone is 2. The standard InChI is InChI=1S/C8H9ClN2O2/c9-4-1-2-5-11-6-3-7(12)10-8(11)13/h1-3,6H,4-5H2,(H,10,12,13)/b2-1+. The molecule has 0 aliphatic heterocycles. The highest BCUT2D eigenvalue weighted by Crippen LogP contribution is 1.82. The number of nitrogens with zero attached hydrogens (tertiary/aromatic N) is 1. The molecule has 1 aromatic rings. The summed E-state index contributed by atoms with van der Waals surface area (Å²) in [5, 5.41) is 0. The highest BCUT2D eigenvalue weighted by atomic mass is 35.5. The molecule has 0 aromatic carbocycles. The Labute approximate surface area is 79.5 Å². The second-order valence-corrected chi connectivity index (χ2v) is 2.70. The third-order valence-corrected chi connectivity index (χ3v) is 1.63. The lowest BCUT2D eigenvalue weighted by Crippen LogP contribution is -2.28. The van der Waals surface area contributed by atoms with Gasteiger partial charge in [-0.1, -0.05) is 12.2 Å². The Morgan fingerprint density at radius 2 is 2.23 bits per heavy atom. The van der Waals surface area contributed by atoms with E-state index in [-0.39, 0.29) is 5.56 Å². The fourth-order valence-electron chi connectivity index (χ4n) is 0.839. The predicted octanol–water partition coefficient (Wildman–Crippen LogP) is 0.332. The molecule has 4 nitrogen and oxygen atoms in total. The highest BCUT2D eigenvalue weighted by Gasteiger charge is 1.91. The van der Waals surface area contributed by atoms with E-state index in [2.05, 4.69) is 4.98 Å². The van der Waals surface area contributed by atoms with Crippen molar-refractivity contribution in [3.63, 3.8) is 0 Å². The van der Waals surface area contributed by atoms with Gasteiger partial charge in [0.25, 0.3) is 5.56 Å². The molecule has 0 saturated heterocycles. The number of H-pyrrole nitrogens is 1. The first-order valence-corrected chi connectivity index (χ1v) is 4.28. The van der Waals surface area contributed by atoms with Gasteiger partial charge in [0.05, 0.1) is 0 Å². The van der Waals surface area contributed by atoms with Crippen LogP contribution in [0.3, 0.4) is 0 Å². The lowest BCUT2D eigenvalue weighted by atomic mass is 10.5. The maximum Gasteiger partial charge on any atom is 0.328 e. The molecule has 0 bridgehead atoms. The zero-order valence-electron chi connectivity index (χ0n) is 6.87. The molecule has 0 spiro atoms. The first kappa shape index (κ1) is 9.80. The predicted molar refractivity (Wildman–Crippen MR) is 51.2 cm³/mol. The van der Waals surface area contributed by atoms with Crippen LogP contribution in [-0.4, -0.2) is 15.4 Å². The molecule has 13 heavy (non-hydrogen) atoms. The summed E-state index contributed by atoms with van der Waals surface area (Å²) in [5.74, 6) is 0.415. The van der Waals surface area contributed by atoms with E-state index in [0.717, 1.165) is 0 Å². The van der Waals surface area contributed by atoms with Crippen molar-refractivity contribution in [1.29, 1.82) is 0 Å². The van der Waals surface area contributed by atoms with E-state index in [1.807, 2.05) is 0 Å². The fourth-order valence-corrected chi connectivity index (χ4v) is 0.965. The molecule has 1 rings (SSSR count). The summed E-state index contributed by atoms with van der Waals surface area (Å²) in [5.41, 5.74) is -0.797. The van der Waals surface area contributed by atoms with Gasteiger partial charge < -0.3 is 0 Å². The Bertz CT molecular complexity index is 405. The minimum absolute atomic E-state index is 0.387. The van der Waals surface area contributed by atoms with Crippen LogP contribution in [0.2, 0.25) is 0 Å². The zero-order valence-corrected chi connectivity index (χ0v) is 7.62. The summed E-state index contributed by atoms with van der Waals surface area (Å²) in [6, 6.07) is 1.30. The Kier molecular flexibility index (Phi) is 3.52. The van der Waals surface area contributed by atoms with Crippen LogP contribution in [-0.2, 0) is 6.54 Å². The van der Waals surface area contributed by atoms with E-state index >= 15 is 0 Å². The van der Waals surface area contributed by atoms with Gasteiger partial charge in [-0.25, -0.2) is 4.79 Å². The zero-order chi connectivity index (χ0) is 9.68. The number of hydrogen-bond donors (Lipinski definition) is 1. The second kappa shape index (κ2) is 4.67. The van der Waals surface area contributed by atoms with Gasteiger partial charge in [-0.2, -0.15) is 0 Å². The van der Waals surface area contributed by atoms with E-state index in [1.54, 1.807) is 12.2 Å². The van der Waals surface area contributed by atoms with Gasteiger partial charge in [0.1, 0.15) is 0 Å². The molecule has 0 atom stereocenters. The van der Waals surface area contributed by atoms with Crippen molar-refractivity contribution >= 4 is 11.6 Å². The molecule has 0 aliphatic rings. The lowest BCUT2D eigenvalue weighted by Gasteiger charge is -1.97. The van der Waals surface area contributed by atoms with Crippen LogP contribution in [0.25, 0.3) is 0 Å². The van der Waals surface area contributed by atoms with Gasteiger partial charge in [-0.3, -0.25) is 14.3 Å². The van der Waals surface area contributed by atoms with E-state index in [0.29, 0.717) is 12.4 Å². The number of hydrogen-bond acceptors (Lipinski definition) is 2. The number of alkyl halides is 1. The lowest BCUT2D eigenvalue weighted by molar-refractivity contribution is 0.735. The number of aromatic nitrogens is 2. The minimum atomic E-state index is -0.410. The van der Waals surface area contributed by atoms with Crippen LogP contribution < -0.4 is 11.2 Å². The Balaban J connectivity index is 2.84. The van der Waals surface area contributed by atoms with E-state index in [9.17, 15) is 9.59 Å². The van der Waals surface area contributed by atoms with Gasteiger partial charge in [0, 0.05) is 24.7 Å². The number of aromatic amines is 1. The molecule has 0 fully saturated rings. The monoisotopic (exact) mass is 200 g/mol. The van der Waals surface area contributed by atoms with Crippen LogP contribution in [0.4, 0.5) is 0 Å². The quantitative estimate of drug-likeness (QED) is 0.565. The number of nitrogens with one attached hydrogen (secondary N) is 1. The Morgan fingerprint density at radius 1 is 1.46 bits per heavy atom. The summed E-state index contributed by atoms with van der Waals surface area (Å²) in [6.07, 6.45) is 4.94. The summed E-state index contributed by atoms with van der Waals surface area (Å²) in [7, 11) is 0. The third kappa shape index (κ3) is 2.91. The average Bonchev–Trinajstić information content (AvgIpc) is 2.09. The van der Waals surface area contributed by atoms with Gasteiger partial charge >= 0.3 is 5.69 Å². The molecular weight excluding hydrogens is 192 g/mol. The number of halogens is 1. The summed E-state index contributed by atoms with van der Waals surface area (Å²) < 4.78 is 1.38. The smallest absolute Gasteiger partial charge is 0.297 e. The third-order valence-electron chi connectivity index (χ3n) is 1.45. The van der Waals surface area contributed by atoms with E-state index in [1.165, 1.54) is 16.8 Å². The SMILES string of the molecule is O=c1ccn(C/C=C/CCl)c(=O)[nH]1. The van der Waals surface area contributed by atoms with Crippen LogP contribution in [0, 0.1) is 0 Å². The molecular formula is C8H9ClN2O2. The number of rotatable bonds is 3. The van der Waals surface area contributed by atoms with Gasteiger partial charge in [-0.05, 0) is 0 Å². The van der Waals surface area contributed by atoms with Gasteiger partial charge in [0.15, 0.2) is 0 Å². The molecule has 1 N–H and O–H groups in total. The summed E-state index contributed by atoms with van der Waals surface area (Å²) in [4.78, 5) is 23.9. The fraction of sp³-hybridized carbons (Fsp3) is 0.250. The van der Waals surface area contributed by atoms with Crippen LogP contribution in [0.15, 0.2) is 34.0 Å². The van der Waals surface area contributed by atoms with Crippen LogP contribution in [0.1, 0.15) is 0 Å². The van der Waals surface area contributed by atoms with Gasteiger partial charge in [-0.15, -0.1) is 11.6 Å². The maximum absolute atomic E-state index is 11.1. The van der Waals surface area contributed by atoms with Crippen molar-refractivity contribution in [3.8, 4) is 0 Å². The first-order chi connectivity index (χ1) is 6.24. The average molecular weight is 201 g/mol. The van der Waals surface area contributed by atoms with Crippen molar-refractivity contribution in [2.75, 3.05) is 5.88 Å².